The fourth-order valence-corrected chi connectivity index (χ4v) is 3.19. The number of thiophene rings is 1. The van der Waals surface area contributed by atoms with Crippen LogP contribution in [-0.4, -0.2) is 40.7 Å². The molecule has 3 amide bonds. The Labute approximate surface area is 123 Å². The molecule has 0 aliphatic carbocycles. The van der Waals surface area contributed by atoms with Crippen molar-refractivity contribution in [2.24, 2.45) is 0 Å². The van der Waals surface area contributed by atoms with Gasteiger partial charge in [0, 0.05) is 13.2 Å². The Morgan fingerprint density at radius 2 is 2.29 bits per heavy atom. The van der Waals surface area contributed by atoms with Gasteiger partial charge >= 0.3 is 0 Å². The van der Waals surface area contributed by atoms with E-state index in [1.165, 1.54) is 18.4 Å². The maximum atomic E-state index is 12.3. The standard InChI is InChI=1S/C13H12N4O3S/c1-17-8(18)5-6(13(17)20)16-12(19)11-9(14)10-7(21-11)3-2-4-15-10/h2-4,6H,5,14H2,1H3,(H,16,19). The number of likely N-dealkylation sites (N-methyl/N-ethyl adjacent to an activating group) is 1. The summed E-state index contributed by atoms with van der Waals surface area (Å²) in [6.07, 6.45) is 1.57. The predicted octanol–water partition coefficient (Wildman–Crippen LogP) is 0.366. The van der Waals surface area contributed by atoms with Crippen molar-refractivity contribution in [2.45, 2.75) is 12.5 Å². The number of imide groups is 1. The highest BCUT2D eigenvalue weighted by Gasteiger charge is 2.37. The summed E-state index contributed by atoms with van der Waals surface area (Å²) in [4.78, 5) is 40.9. The third-order valence-corrected chi connectivity index (χ3v) is 4.53. The minimum absolute atomic E-state index is 0.0237. The van der Waals surface area contributed by atoms with Crippen LogP contribution in [0.25, 0.3) is 10.2 Å². The molecule has 2 aromatic rings. The summed E-state index contributed by atoms with van der Waals surface area (Å²) in [6, 6.07) is 2.75. The number of carbonyl (C=O) groups is 3. The van der Waals surface area contributed by atoms with E-state index in [1.54, 1.807) is 12.3 Å². The maximum Gasteiger partial charge on any atom is 0.264 e. The molecule has 8 heteroatoms. The van der Waals surface area contributed by atoms with Gasteiger partial charge in [-0.15, -0.1) is 11.3 Å². The van der Waals surface area contributed by atoms with Gasteiger partial charge in [-0.3, -0.25) is 24.3 Å². The van der Waals surface area contributed by atoms with Crippen molar-refractivity contribution in [3.63, 3.8) is 0 Å². The van der Waals surface area contributed by atoms with Crippen LogP contribution in [-0.2, 0) is 9.59 Å². The van der Waals surface area contributed by atoms with E-state index in [9.17, 15) is 14.4 Å². The van der Waals surface area contributed by atoms with Crippen LogP contribution in [0.1, 0.15) is 16.1 Å². The molecule has 2 aromatic heterocycles. The molecule has 108 valence electrons. The summed E-state index contributed by atoms with van der Waals surface area (Å²) < 4.78 is 0.797. The molecule has 21 heavy (non-hydrogen) atoms. The number of carbonyl (C=O) groups excluding carboxylic acids is 3. The van der Waals surface area contributed by atoms with E-state index in [4.69, 9.17) is 5.73 Å². The molecule has 1 aliphatic rings. The van der Waals surface area contributed by atoms with Crippen LogP contribution in [0.2, 0.25) is 0 Å². The van der Waals surface area contributed by atoms with Crippen LogP contribution in [0.3, 0.4) is 0 Å². The van der Waals surface area contributed by atoms with Gasteiger partial charge in [-0.1, -0.05) is 0 Å². The number of nitrogens with one attached hydrogen (secondary N) is 1. The largest absolute Gasteiger partial charge is 0.396 e. The normalized spacial score (nSPS) is 18.5. The Morgan fingerprint density at radius 3 is 2.90 bits per heavy atom. The molecule has 0 saturated carbocycles. The molecule has 0 aromatic carbocycles. The first-order valence-electron chi connectivity index (χ1n) is 6.23. The molecule has 3 N–H and O–H groups in total. The Hall–Kier alpha value is -2.48. The number of anilines is 1. The van der Waals surface area contributed by atoms with Crippen LogP contribution < -0.4 is 11.1 Å². The molecule has 0 bridgehead atoms. The second-order valence-corrected chi connectivity index (χ2v) is 5.77. The Balaban J connectivity index is 1.86. The van der Waals surface area contributed by atoms with Crippen molar-refractivity contribution in [3.05, 3.63) is 23.2 Å². The number of amides is 3. The number of nitrogens with two attached hydrogens (primary N) is 1. The lowest BCUT2D eigenvalue weighted by Gasteiger charge is -2.10. The molecule has 1 unspecified atom stereocenters. The van der Waals surface area contributed by atoms with Crippen molar-refractivity contribution >= 4 is 45.0 Å². The maximum absolute atomic E-state index is 12.3. The molecule has 1 atom stereocenters. The summed E-state index contributed by atoms with van der Waals surface area (Å²) in [7, 11) is 1.40. The first-order valence-corrected chi connectivity index (χ1v) is 7.05. The molecule has 3 rings (SSSR count). The SMILES string of the molecule is CN1C(=O)CC(NC(=O)c2sc3cccnc3c2N)C1=O. The van der Waals surface area contributed by atoms with Gasteiger partial charge in [0.25, 0.3) is 11.8 Å². The number of nitrogens with zero attached hydrogens (tertiary/aromatic N) is 2. The summed E-state index contributed by atoms with van der Waals surface area (Å²) in [5.74, 6) is -1.18. The molecule has 0 radical (unpaired) electrons. The highest BCUT2D eigenvalue weighted by atomic mass is 32.1. The first-order chi connectivity index (χ1) is 9.99. The van der Waals surface area contributed by atoms with Gasteiger partial charge in [-0.05, 0) is 12.1 Å². The molecule has 3 heterocycles. The quantitative estimate of drug-likeness (QED) is 0.780. The molecular formula is C13H12N4O3S. The second-order valence-electron chi connectivity index (χ2n) is 4.72. The van der Waals surface area contributed by atoms with Crippen molar-refractivity contribution in [2.75, 3.05) is 12.8 Å². The second kappa shape index (κ2) is 4.81. The minimum Gasteiger partial charge on any atom is -0.396 e. The predicted molar refractivity (Wildman–Crippen MR) is 77.7 cm³/mol. The molecule has 1 aliphatic heterocycles. The van der Waals surface area contributed by atoms with Gasteiger partial charge in [0.15, 0.2) is 0 Å². The molecule has 7 nitrogen and oxygen atoms in total. The van der Waals surface area contributed by atoms with Crippen LogP contribution in [0.5, 0.6) is 0 Å². The monoisotopic (exact) mass is 304 g/mol. The number of nitrogen functional groups attached to an aromatic ring is 1. The molecule has 0 spiro atoms. The first kappa shape index (κ1) is 13.5. The third-order valence-electron chi connectivity index (χ3n) is 3.38. The van der Waals surface area contributed by atoms with Gasteiger partial charge in [-0.2, -0.15) is 0 Å². The number of fused-ring (bicyclic) bond motifs is 1. The van der Waals surface area contributed by atoms with E-state index in [2.05, 4.69) is 10.3 Å². The van der Waals surface area contributed by atoms with Crippen LogP contribution >= 0.6 is 11.3 Å². The van der Waals surface area contributed by atoms with Gasteiger partial charge in [0.2, 0.25) is 5.91 Å². The summed E-state index contributed by atoms with van der Waals surface area (Å²) in [5, 5.41) is 2.56. The highest BCUT2D eigenvalue weighted by molar-refractivity contribution is 7.21. The zero-order valence-electron chi connectivity index (χ0n) is 11.1. The lowest BCUT2D eigenvalue weighted by molar-refractivity contribution is -0.137. The van der Waals surface area contributed by atoms with Crippen molar-refractivity contribution in [1.82, 2.24) is 15.2 Å². The number of rotatable bonds is 2. The van der Waals surface area contributed by atoms with E-state index >= 15 is 0 Å². The van der Waals surface area contributed by atoms with Gasteiger partial charge in [0.1, 0.15) is 16.4 Å². The van der Waals surface area contributed by atoms with Crippen LogP contribution in [0.4, 0.5) is 5.69 Å². The van der Waals surface area contributed by atoms with Gasteiger partial charge in [0.05, 0.1) is 16.8 Å². The van der Waals surface area contributed by atoms with Crippen LogP contribution in [0, 0.1) is 0 Å². The molecule has 1 saturated heterocycles. The van der Waals surface area contributed by atoms with Crippen LogP contribution in [0.15, 0.2) is 18.3 Å². The summed E-state index contributed by atoms with van der Waals surface area (Å²) in [6.45, 7) is 0. The number of likely N-dealkylation sites (tertiary alicyclic amines) is 1. The number of hydrogen-bond donors (Lipinski definition) is 2. The van der Waals surface area contributed by atoms with E-state index in [0.717, 1.165) is 9.60 Å². The number of aromatic nitrogens is 1. The fourth-order valence-electron chi connectivity index (χ4n) is 2.21. The van der Waals surface area contributed by atoms with E-state index in [-0.39, 0.29) is 12.3 Å². The Morgan fingerprint density at radius 1 is 1.52 bits per heavy atom. The van der Waals surface area contributed by atoms with E-state index in [1.807, 2.05) is 6.07 Å². The topological polar surface area (TPSA) is 105 Å². The number of pyridine rings is 1. The van der Waals surface area contributed by atoms with Gasteiger partial charge < -0.3 is 11.1 Å². The lowest BCUT2D eigenvalue weighted by atomic mass is 10.2. The van der Waals surface area contributed by atoms with Gasteiger partial charge in [-0.25, -0.2) is 0 Å². The fraction of sp³-hybridized carbons (Fsp3) is 0.231. The minimum atomic E-state index is -0.826. The summed E-state index contributed by atoms with van der Waals surface area (Å²) in [5.41, 5.74) is 6.79. The number of hydrogen-bond acceptors (Lipinski definition) is 6. The molecule has 1 fully saturated rings. The van der Waals surface area contributed by atoms with Crippen molar-refractivity contribution in [3.8, 4) is 0 Å². The summed E-state index contributed by atoms with van der Waals surface area (Å²) >= 11 is 1.21. The Kier molecular flexibility index (Phi) is 3.09. The zero-order valence-corrected chi connectivity index (χ0v) is 11.9. The lowest BCUT2D eigenvalue weighted by Crippen LogP contribution is -2.40. The third kappa shape index (κ3) is 2.13. The average Bonchev–Trinajstić information content (AvgIpc) is 2.93. The highest BCUT2D eigenvalue weighted by Crippen LogP contribution is 2.31. The average molecular weight is 304 g/mol. The zero-order chi connectivity index (χ0) is 15.1. The van der Waals surface area contributed by atoms with Crippen molar-refractivity contribution in [1.29, 1.82) is 0 Å². The van der Waals surface area contributed by atoms with Crippen molar-refractivity contribution < 1.29 is 14.4 Å². The van der Waals surface area contributed by atoms with E-state index < -0.39 is 17.9 Å². The smallest absolute Gasteiger partial charge is 0.264 e. The molecular weight excluding hydrogens is 292 g/mol. The van der Waals surface area contributed by atoms with E-state index in [0.29, 0.717) is 16.1 Å². The Bertz CT molecular complexity index is 770.